The summed E-state index contributed by atoms with van der Waals surface area (Å²) >= 11 is 0. The van der Waals surface area contributed by atoms with Crippen molar-refractivity contribution in [1.29, 1.82) is 0 Å². The molecule has 5 rings (SSSR count). The third-order valence-corrected chi connectivity index (χ3v) is 4.85. The van der Waals surface area contributed by atoms with Crippen molar-refractivity contribution in [3.05, 3.63) is 90.3 Å². The Balaban J connectivity index is 1.54. The van der Waals surface area contributed by atoms with Gasteiger partial charge in [-0.3, -0.25) is 14.6 Å². The van der Waals surface area contributed by atoms with Gasteiger partial charge in [-0.1, -0.05) is 36.4 Å². The number of fused-ring (bicyclic) bond motifs is 2. The molecule has 0 fully saturated rings. The summed E-state index contributed by atoms with van der Waals surface area (Å²) in [5.41, 5.74) is 6.63. The highest BCUT2D eigenvalue weighted by Gasteiger charge is 2.26. The number of carbonyl (C=O) groups is 2. The van der Waals surface area contributed by atoms with Crippen LogP contribution in [0, 0.1) is 0 Å². The zero-order valence-electron chi connectivity index (χ0n) is 15.7. The van der Waals surface area contributed by atoms with Crippen LogP contribution in [0.3, 0.4) is 0 Å². The SMILES string of the molecule is O=C1Nc2ccccc2/C1=N/NC(=O)c1cc(-c2ccncc2)nc2ccccc12. The van der Waals surface area contributed by atoms with Gasteiger partial charge in [0.15, 0.2) is 5.71 Å². The molecule has 2 amide bonds. The van der Waals surface area contributed by atoms with E-state index in [1.165, 1.54) is 0 Å². The lowest BCUT2D eigenvalue weighted by atomic mass is 10.0. The van der Waals surface area contributed by atoms with Crippen molar-refractivity contribution in [2.45, 2.75) is 0 Å². The Hall–Kier alpha value is -4.39. The first kappa shape index (κ1) is 17.7. The second kappa shape index (κ2) is 7.21. The maximum atomic E-state index is 13.0. The molecule has 2 N–H and O–H groups in total. The number of benzene rings is 2. The third kappa shape index (κ3) is 3.08. The Labute approximate surface area is 171 Å². The number of rotatable bonds is 3. The first-order valence-electron chi connectivity index (χ1n) is 9.30. The van der Waals surface area contributed by atoms with Crippen LogP contribution in [-0.4, -0.2) is 27.5 Å². The number of nitrogens with one attached hydrogen (secondary N) is 2. The summed E-state index contributed by atoms with van der Waals surface area (Å²) in [5, 5.41) is 7.54. The lowest BCUT2D eigenvalue weighted by Crippen LogP contribution is -2.23. The largest absolute Gasteiger partial charge is 0.320 e. The molecule has 144 valence electrons. The van der Waals surface area contributed by atoms with Gasteiger partial charge in [0, 0.05) is 28.9 Å². The molecule has 0 saturated carbocycles. The third-order valence-electron chi connectivity index (χ3n) is 4.85. The van der Waals surface area contributed by atoms with Crippen LogP contribution in [-0.2, 0) is 4.79 Å². The smallest absolute Gasteiger partial charge is 0.276 e. The summed E-state index contributed by atoms with van der Waals surface area (Å²) in [7, 11) is 0. The molecule has 0 atom stereocenters. The van der Waals surface area contributed by atoms with Gasteiger partial charge in [0.25, 0.3) is 11.8 Å². The first-order valence-corrected chi connectivity index (χ1v) is 9.30. The van der Waals surface area contributed by atoms with Crippen LogP contribution >= 0.6 is 0 Å². The van der Waals surface area contributed by atoms with Gasteiger partial charge in [-0.15, -0.1) is 0 Å². The van der Waals surface area contributed by atoms with Crippen molar-refractivity contribution < 1.29 is 9.59 Å². The molecule has 3 heterocycles. The summed E-state index contributed by atoms with van der Waals surface area (Å²) < 4.78 is 0. The highest BCUT2D eigenvalue weighted by atomic mass is 16.2. The molecule has 2 aromatic carbocycles. The van der Waals surface area contributed by atoms with Crippen LogP contribution in [0.4, 0.5) is 5.69 Å². The average molecular weight is 393 g/mol. The standard InChI is InChI=1S/C23H15N5O2/c29-22(28-27-21-16-6-2-4-8-19(16)26-23(21)30)17-13-20(14-9-11-24-12-10-14)25-18-7-3-1-5-15(17)18/h1-13H,(H,28,29)(H,26,27,30). The fourth-order valence-electron chi connectivity index (χ4n) is 3.41. The summed E-state index contributed by atoms with van der Waals surface area (Å²) in [6.45, 7) is 0. The van der Waals surface area contributed by atoms with E-state index < -0.39 is 5.91 Å². The molecule has 0 saturated heterocycles. The zero-order valence-corrected chi connectivity index (χ0v) is 15.7. The van der Waals surface area contributed by atoms with E-state index in [1.807, 2.05) is 48.5 Å². The fraction of sp³-hybridized carbons (Fsp3) is 0. The predicted octanol–water partition coefficient (Wildman–Crippen LogP) is 3.38. The van der Waals surface area contributed by atoms with Gasteiger partial charge in [-0.05, 0) is 30.3 Å². The second-order valence-corrected chi connectivity index (χ2v) is 6.71. The molecule has 7 heteroatoms. The van der Waals surface area contributed by atoms with Gasteiger partial charge in [0.2, 0.25) is 0 Å². The van der Waals surface area contributed by atoms with Gasteiger partial charge in [0.05, 0.1) is 22.5 Å². The number of carbonyl (C=O) groups excluding carboxylic acids is 2. The Kier molecular flexibility index (Phi) is 4.25. The highest BCUT2D eigenvalue weighted by molar-refractivity contribution is 6.53. The number of hydrogen-bond acceptors (Lipinski definition) is 5. The molecule has 0 bridgehead atoms. The number of nitrogens with zero attached hydrogens (tertiary/aromatic N) is 3. The molecule has 0 aliphatic carbocycles. The number of amides is 2. The van der Waals surface area contributed by atoms with Crippen molar-refractivity contribution >= 4 is 34.1 Å². The molecule has 7 nitrogen and oxygen atoms in total. The van der Waals surface area contributed by atoms with E-state index in [2.05, 4.69) is 25.8 Å². The molecule has 4 aromatic rings. The molecule has 0 spiro atoms. The minimum absolute atomic E-state index is 0.173. The van der Waals surface area contributed by atoms with Gasteiger partial charge in [-0.2, -0.15) is 5.10 Å². The Morgan fingerprint density at radius 3 is 2.60 bits per heavy atom. The van der Waals surface area contributed by atoms with Gasteiger partial charge in [-0.25, -0.2) is 10.4 Å². The van der Waals surface area contributed by atoms with E-state index in [-0.39, 0.29) is 11.6 Å². The van der Waals surface area contributed by atoms with Crippen LogP contribution in [0.1, 0.15) is 15.9 Å². The molecule has 1 aliphatic heterocycles. The van der Waals surface area contributed by atoms with Gasteiger partial charge in [0.1, 0.15) is 0 Å². The fourth-order valence-corrected chi connectivity index (χ4v) is 3.41. The van der Waals surface area contributed by atoms with Crippen LogP contribution in [0.15, 0.2) is 84.2 Å². The lowest BCUT2D eigenvalue weighted by Gasteiger charge is -2.09. The Bertz CT molecular complexity index is 1330. The summed E-state index contributed by atoms with van der Waals surface area (Å²) in [6, 6.07) is 20.0. The van der Waals surface area contributed by atoms with Crippen LogP contribution in [0.5, 0.6) is 0 Å². The van der Waals surface area contributed by atoms with Crippen LogP contribution in [0.25, 0.3) is 22.2 Å². The van der Waals surface area contributed by atoms with Crippen molar-refractivity contribution in [1.82, 2.24) is 15.4 Å². The van der Waals surface area contributed by atoms with E-state index in [4.69, 9.17) is 0 Å². The normalized spacial score (nSPS) is 13.9. The van der Waals surface area contributed by atoms with Gasteiger partial charge < -0.3 is 5.32 Å². The maximum absolute atomic E-state index is 13.0. The summed E-state index contributed by atoms with van der Waals surface area (Å²) in [5.74, 6) is -0.776. The Morgan fingerprint density at radius 1 is 0.967 bits per heavy atom. The molecule has 0 unspecified atom stereocenters. The monoisotopic (exact) mass is 393 g/mol. The van der Waals surface area contributed by atoms with E-state index in [1.54, 1.807) is 30.6 Å². The van der Waals surface area contributed by atoms with Crippen molar-refractivity contribution in [2.75, 3.05) is 5.32 Å². The Morgan fingerprint density at radius 2 is 1.73 bits per heavy atom. The minimum Gasteiger partial charge on any atom is -0.320 e. The second-order valence-electron chi connectivity index (χ2n) is 6.71. The van der Waals surface area contributed by atoms with E-state index >= 15 is 0 Å². The number of pyridine rings is 2. The predicted molar refractivity (Wildman–Crippen MR) is 114 cm³/mol. The van der Waals surface area contributed by atoms with Crippen molar-refractivity contribution in [2.24, 2.45) is 5.10 Å². The minimum atomic E-state index is -0.423. The van der Waals surface area contributed by atoms with E-state index in [0.29, 0.717) is 33.4 Å². The average Bonchev–Trinajstić information content (AvgIpc) is 3.12. The van der Waals surface area contributed by atoms with Crippen LogP contribution in [0.2, 0.25) is 0 Å². The molecular weight excluding hydrogens is 378 g/mol. The van der Waals surface area contributed by atoms with E-state index in [9.17, 15) is 9.59 Å². The maximum Gasteiger partial charge on any atom is 0.276 e. The molecular formula is C23H15N5O2. The van der Waals surface area contributed by atoms with E-state index in [0.717, 1.165) is 5.56 Å². The van der Waals surface area contributed by atoms with Gasteiger partial charge >= 0.3 is 0 Å². The molecule has 30 heavy (non-hydrogen) atoms. The lowest BCUT2D eigenvalue weighted by molar-refractivity contribution is -0.110. The number of hydrogen-bond donors (Lipinski definition) is 2. The zero-order chi connectivity index (χ0) is 20.5. The van der Waals surface area contributed by atoms with Crippen LogP contribution < -0.4 is 10.7 Å². The number of para-hydroxylation sites is 2. The quantitative estimate of drug-likeness (QED) is 0.522. The summed E-state index contributed by atoms with van der Waals surface area (Å²) in [4.78, 5) is 33.9. The molecule has 0 radical (unpaired) electrons. The van der Waals surface area contributed by atoms with Crippen molar-refractivity contribution in [3.63, 3.8) is 0 Å². The molecule has 2 aromatic heterocycles. The number of hydrazone groups is 1. The molecule has 1 aliphatic rings. The number of aromatic nitrogens is 2. The highest BCUT2D eigenvalue weighted by Crippen LogP contribution is 2.25. The number of anilines is 1. The van der Waals surface area contributed by atoms with Crippen molar-refractivity contribution in [3.8, 4) is 11.3 Å². The first-order chi connectivity index (χ1) is 14.7. The summed E-state index contributed by atoms with van der Waals surface area (Å²) in [6.07, 6.45) is 3.35. The topological polar surface area (TPSA) is 96.3 Å².